The van der Waals surface area contributed by atoms with Gasteiger partial charge in [0.1, 0.15) is 0 Å². The maximum absolute atomic E-state index is 2.38. The van der Waals surface area contributed by atoms with Gasteiger partial charge < -0.3 is 0 Å². The second-order valence-corrected chi connectivity index (χ2v) is 14.3. The highest BCUT2D eigenvalue weighted by molar-refractivity contribution is 5.91. The molecule has 0 saturated heterocycles. The molecule has 0 aliphatic carbocycles. The predicted octanol–water partition coefficient (Wildman–Crippen LogP) is 15.1. The van der Waals surface area contributed by atoms with Gasteiger partial charge in [0, 0.05) is 5.92 Å². The number of hydrogen-bond donors (Lipinski definition) is 0. The monoisotopic (exact) mass is 714 g/mol. The summed E-state index contributed by atoms with van der Waals surface area (Å²) in [6.45, 7) is 0. The molecule has 0 heteroatoms. The van der Waals surface area contributed by atoms with Crippen molar-refractivity contribution in [3.05, 3.63) is 253 Å². The Kier molecular flexibility index (Phi) is 10.0. The zero-order chi connectivity index (χ0) is 37.5. The van der Waals surface area contributed by atoms with E-state index in [0.717, 1.165) is 6.42 Å². The minimum absolute atomic E-state index is 0.0128. The highest BCUT2D eigenvalue weighted by Crippen LogP contribution is 2.47. The van der Waals surface area contributed by atoms with E-state index in [2.05, 4.69) is 237 Å². The first-order valence-electron chi connectivity index (χ1n) is 19.5. The van der Waals surface area contributed by atoms with Gasteiger partial charge in [0.05, 0.1) is 0 Å². The topological polar surface area (TPSA) is 0 Å². The molecule has 0 aliphatic heterocycles. The highest BCUT2D eigenvalue weighted by atomic mass is 14.3. The Balaban J connectivity index is 1.37. The summed E-state index contributed by atoms with van der Waals surface area (Å²) in [5.41, 5.74) is 18.8. The van der Waals surface area contributed by atoms with Crippen molar-refractivity contribution in [3.8, 4) is 66.8 Å². The lowest BCUT2D eigenvalue weighted by Gasteiger charge is -2.28. The lowest BCUT2D eigenvalue weighted by Crippen LogP contribution is -2.11. The molecule has 9 aromatic carbocycles. The van der Waals surface area contributed by atoms with Gasteiger partial charge in [-0.1, -0.05) is 237 Å². The Morgan fingerprint density at radius 1 is 0.232 bits per heavy atom. The summed E-state index contributed by atoms with van der Waals surface area (Å²) < 4.78 is 0. The Bertz CT molecular complexity index is 2540. The maximum atomic E-state index is 2.38. The van der Waals surface area contributed by atoms with Gasteiger partial charge in [-0.3, -0.25) is 0 Å². The Labute approximate surface area is 331 Å². The van der Waals surface area contributed by atoms with E-state index in [4.69, 9.17) is 0 Å². The summed E-state index contributed by atoms with van der Waals surface area (Å²) in [4.78, 5) is 0. The molecule has 9 aromatic rings. The van der Waals surface area contributed by atoms with Gasteiger partial charge in [0.15, 0.2) is 0 Å². The van der Waals surface area contributed by atoms with E-state index in [1.165, 1.54) is 83.5 Å². The van der Waals surface area contributed by atoms with Crippen molar-refractivity contribution in [3.63, 3.8) is 0 Å². The van der Waals surface area contributed by atoms with Crippen molar-refractivity contribution in [1.29, 1.82) is 0 Å². The van der Waals surface area contributed by atoms with Crippen LogP contribution < -0.4 is 0 Å². The molecule has 0 N–H and O–H groups in total. The third-order valence-corrected chi connectivity index (χ3v) is 11.0. The molecule has 56 heavy (non-hydrogen) atoms. The van der Waals surface area contributed by atoms with Crippen molar-refractivity contribution < 1.29 is 0 Å². The molecule has 0 bridgehead atoms. The zero-order valence-electron chi connectivity index (χ0n) is 31.3. The van der Waals surface area contributed by atoms with Crippen molar-refractivity contribution >= 4 is 0 Å². The summed E-state index contributed by atoms with van der Waals surface area (Å²) in [7, 11) is 0. The Morgan fingerprint density at radius 3 is 0.875 bits per heavy atom. The molecule has 266 valence electrons. The second-order valence-electron chi connectivity index (χ2n) is 14.3. The number of hydrogen-bond acceptors (Lipinski definition) is 0. The molecule has 0 unspecified atom stereocenters. The standard InChI is InChI=1S/C56H42/c1-7-22-41(23-8-1)48-35-19-34-47(54(48)44-28-13-4-14-29-44)40-53(51-38-20-36-49(42-24-9-2-10-25-42)55(51)45-30-15-5-16-31-45)52-39-21-37-50(43-26-11-3-12-27-43)56(52)46-32-17-6-18-33-46/h1-39,53H,40H2. The van der Waals surface area contributed by atoms with Crippen LogP contribution >= 0.6 is 0 Å². The van der Waals surface area contributed by atoms with Crippen LogP contribution in [-0.2, 0) is 6.42 Å². The smallest absolute Gasteiger partial charge is 0.0143 e. The summed E-state index contributed by atoms with van der Waals surface area (Å²) in [6.07, 6.45) is 0.793. The lowest BCUT2D eigenvalue weighted by molar-refractivity contribution is 0.810. The third kappa shape index (κ3) is 7.02. The molecular formula is C56H42. The molecule has 0 atom stereocenters. The first-order valence-corrected chi connectivity index (χ1v) is 19.5. The molecule has 0 aliphatic rings. The molecule has 0 spiro atoms. The summed E-state index contributed by atoms with van der Waals surface area (Å²) in [5, 5.41) is 0. The molecule has 0 nitrogen and oxygen atoms in total. The third-order valence-electron chi connectivity index (χ3n) is 11.0. The predicted molar refractivity (Wildman–Crippen MR) is 237 cm³/mol. The first kappa shape index (κ1) is 34.7. The lowest BCUT2D eigenvalue weighted by atomic mass is 9.75. The van der Waals surface area contributed by atoms with Gasteiger partial charge in [0.2, 0.25) is 0 Å². The minimum Gasteiger partial charge on any atom is -0.0622 e. The van der Waals surface area contributed by atoms with Crippen LogP contribution in [0.1, 0.15) is 22.6 Å². The fourth-order valence-electron chi connectivity index (χ4n) is 8.47. The second kappa shape index (κ2) is 16.1. The van der Waals surface area contributed by atoms with E-state index in [1.807, 2.05) is 0 Å². The number of benzene rings is 9. The van der Waals surface area contributed by atoms with Crippen LogP contribution in [0.5, 0.6) is 0 Å². The summed E-state index contributed by atoms with van der Waals surface area (Å²) in [5.74, 6) is -0.0128. The van der Waals surface area contributed by atoms with Crippen LogP contribution in [0, 0.1) is 0 Å². The van der Waals surface area contributed by atoms with Crippen LogP contribution in [0.4, 0.5) is 0 Å². The van der Waals surface area contributed by atoms with E-state index in [1.54, 1.807) is 0 Å². The van der Waals surface area contributed by atoms with E-state index >= 15 is 0 Å². The van der Waals surface area contributed by atoms with Gasteiger partial charge in [-0.15, -0.1) is 0 Å². The van der Waals surface area contributed by atoms with Gasteiger partial charge in [-0.2, -0.15) is 0 Å². The number of rotatable bonds is 10. The van der Waals surface area contributed by atoms with Crippen molar-refractivity contribution in [2.75, 3.05) is 0 Å². The van der Waals surface area contributed by atoms with Crippen molar-refractivity contribution in [2.45, 2.75) is 12.3 Å². The van der Waals surface area contributed by atoms with Crippen LogP contribution in [-0.4, -0.2) is 0 Å². The molecule has 9 rings (SSSR count). The van der Waals surface area contributed by atoms with Gasteiger partial charge in [-0.25, -0.2) is 0 Å². The maximum Gasteiger partial charge on any atom is 0.0143 e. The largest absolute Gasteiger partial charge is 0.0622 e. The van der Waals surface area contributed by atoms with Gasteiger partial charge in [0.25, 0.3) is 0 Å². The quantitative estimate of drug-likeness (QED) is 0.132. The summed E-state index contributed by atoms with van der Waals surface area (Å²) >= 11 is 0. The minimum atomic E-state index is -0.0128. The van der Waals surface area contributed by atoms with Crippen LogP contribution in [0.3, 0.4) is 0 Å². The van der Waals surface area contributed by atoms with Crippen LogP contribution in [0.2, 0.25) is 0 Å². The average molecular weight is 715 g/mol. The first-order chi connectivity index (χ1) is 27.8. The van der Waals surface area contributed by atoms with Gasteiger partial charge in [-0.05, 0) is 89.9 Å². The average Bonchev–Trinajstić information content (AvgIpc) is 3.29. The van der Waals surface area contributed by atoms with E-state index in [-0.39, 0.29) is 5.92 Å². The van der Waals surface area contributed by atoms with Crippen molar-refractivity contribution in [2.24, 2.45) is 0 Å². The summed E-state index contributed by atoms with van der Waals surface area (Å²) in [6, 6.07) is 86.3. The zero-order valence-corrected chi connectivity index (χ0v) is 31.3. The molecule has 0 saturated carbocycles. The van der Waals surface area contributed by atoms with E-state index in [0.29, 0.717) is 0 Å². The van der Waals surface area contributed by atoms with E-state index in [9.17, 15) is 0 Å². The Morgan fingerprint density at radius 2 is 0.518 bits per heavy atom. The molecule has 0 aromatic heterocycles. The normalized spacial score (nSPS) is 11.1. The highest BCUT2D eigenvalue weighted by Gasteiger charge is 2.27. The SMILES string of the molecule is c1ccc(-c2cccc(CC(c3cccc(-c4ccccc4)c3-c3ccccc3)c3cccc(-c4ccccc4)c3-c3ccccc3)c2-c2ccccc2)cc1. The molecule has 0 heterocycles. The molecular weight excluding hydrogens is 673 g/mol. The molecule has 0 fully saturated rings. The van der Waals surface area contributed by atoms with Crippen LogP contribution in [0.15, 0.2) is 237 Å². The fourth-order valence-corrected chi connectivity index (χ4v) is 8.47. The fraction of sp³-hybridized carbons (Fsp3) is 0.0357. The molecule has 0 radical (unpaired) electrons. The Hall–Kier alpha value is -7.02. The molecule has 0 amide bonds. The van der Waals surface area contributed by atoms with Gasteiger partial charge >= 0.3 is 0 Å². The van der Waals surface area contributed by atoms with E-state index < -0.39 is 0 Å². The van der Waals surface area contributed by atoms with Crippen molar-refractivity contribution in [1.82, 2.24) is 0 Å². The van der Waals surface area contributed by atoms with Crippen LogP contribution in [0.25, 0.3) is 66.8 Å².